The van der Waals surface area contributed by atoms with Crippen LogP contribution in [0.3, 0.4) is 0 Å². The summed E-state index contributed by atoms with van der Waals surface area (Å²) in [6.45, 7) is 0.809. The highest BCUT2D eigenvalue weighted by Crippen LogP contribution is 2.40. The first-order valence-corrected chi connectivity index (χ1v) is 5.38. The molecule has 8 heteroatoms. The zero-order valence-corrected chi connectivity index (χ0v) is 10.6. The van der Waals surface area contributed by atoms with Crippen LogP contribution in [-0.4, -0.2) is 30.3 Å². The van der Waals surface area contributed by atoms with Gasteiger partial charge < -0.3 is 15.2 Å². The Morgan fingerprint density at radius 2 is 1.90 bits per heavy atom. The van der Waals surface area contributed by atoms with Crippen molar-refractivity contribution in [1.82, 2.24) is 5.32 Å². The molecule has 0 fully saturated rings. The lowest BCUT2D eigenvalue weighted by molar-refractivity contribution is -0.214. The van der Waals surface area contributed by atoms with Gasteiger partial charge in [-0.3, -0.25) is 4.79 Å². The Hall–Kier alpha value is -2.25. The SMILES string of the molecule is COc1cccc(C(NC(C)=O)(C(=O)O)C(F)(F)F)c1. The fourth-order valence-corrected chi connectivity index (χ4v) is 1.73. The molecule has 1 amide bonds. The van der Waals surface area contributed by atoms with Crippen LogP contribution in [0.1, 0.15) is 12.5 Å². The maximum Gasteiger partial charge on any atom is 0.426 e. The quantitative estimate of drug-likeness (QED) is 0.885. The van der Waals surface area contributed by atoms with Gasteiger partial charge in [0.25, 0.3) is 5.54 Å². The molecular weight excluding hydrogens is 279 g/mol. The van der Waals surface area contributed by atoms with Crippen LogP contribution in [0.4, 0.5) is 13.2 Å². The lowest BCUT2D eigenvalue weighted by atomic mass is 9.88. The van der Waals surface area contributed by atoms with Gasteiger partial charge in [-0.15, -0.1) is 0 Å². The molecule has 1 aromatic carbocycles. The van der Waals surface area contributed by atoms with Gasteiger partial charge in [-0.1, -0.05) is 12.1 Å². The molecule has 0 saturated heterocycles. The van der Waals surface area contributed by atoms with E-state index < -0.39 is 29.2 Å². The summed E-state index contributed by atoms with van der Waals surface area (Å²) in [5.41, 5.74) is -4.17. The maximum atomic E-state index is 13.3. The molecule has 110 valence electrons. The van der Waals surface area contributed by atoms with Crippen LogP contribution >= 0.6 is 0 Å². The van der Waals surface area contributed by atoms with Crippen LogP contribution in [0.25, 0.3) is 0 Å². The number of rotatable bonds is 4. The first-order chi connectivity index (χ1) is 9.15. The summed E-state index contributed by atoms with van der Waals surface area (Å²) >= 11 is 0. The van der Waals surface area contributed by atoms with Crippen LogP contribution in [0.15, 0.2) is 24.3 Å². The van der Waals surface area contributed by atoms with Gasteiger partial charge in [0.2, 0.25) is 5.91 Å². The van der Waals surface area contributed by atoms with Crippen molar-refractivity contribution in [2.75, 3.05) is 7.11 Å². The fourth-order valence-electron chi connectivity index (χ4n) is 1.73. The molecule has 1 atom stereocenters. The second kappa shape index (κ2) is 5.40. The number of carboxylic acid groups (broad SMARTS) is 1. The zero-order valence-electron chi connectivity index (χ0n) is 10.6. The van der Waals surface area contributed by atoms with E-state index in [0.717, 1.165) is 19.1 Å². The van der Waals surface area contributed by atoms with Crippen LogP contribution in [0, 0.1) is 0 Å². The number of benzene rings is 1. The fraction of sp³-hybridized carbons (Fsp3) is 0.333. The minimum absolute atomic E-state index is 0.0442. The summed E-state index contributed by atoms with van der Waals surface area (Å²) in [5.74, 6) is -3.30. The third-order valence-corrected chi connectivity index (χ3v) is 2.61. The average molecular weight is 291 g/mol. The number of ether oxygens (including phenoxy) is 1. The van der Waals surface area contributed by atoms with Gasteiger partial charge in [0.05, 0.1) is 7.11 Å². The molecule has 0 aliphatic heterocycles. The molecule has 1 unspecified atom stereocenters. The molecule has 0 saturated carbocycles. The van der Waals surface area contributed by atoms with Gasteiger partial charge in [-0.25, -0.2) is 4.79 Å². The molecule has 1 aromatic rings. The predicted octanol–water partition coefficient (Wildman–Crippen LogP) is 1.67. The molecule has 20 heavy (non-hydrogen) atoms. The summed E-state index contributed by atoms with van der Waals surface area (Å²) in [7, 11) is 1.23. The normalized spacial score (nSPS) is 14.2. The second-order valence-electron chi connectivity index (χ2n) is 3.97. The van der Waals surface area contributed by atoms with E-state index in [0.29, 0.717) is 0 Å². The number of nitrogens with one attached hydrogen (secondary N) is 1. The number of hydrogen-bond donors (Lipinski definition) is 2. The second-order valence-corrected chi connectivity index (χ2v) is 3.97. The lowest BCUT2D eigenvalue weighted by Gasteiger charge is -2.32. The van der Waals surface area contributed by atoms with Gasteiger partial charge in [-0.05, 0) is 12.1 Å². The van der Waals surface area contributed by atoms with Crippen molar-refractivity contribution in [1.29, 1.82) is 0 Å². The van der Waals surface area contributed by atoms with E-state index in [1.54, 1.807) is 0 Å². The van der Waals surface area contributed by atoms with E-state index in [2.05, 4.69) is 0 Å². The summed E-state index contributed by atoms with van der Waals surface area (Å²) in [6, 6.07) is 4.44. The van der Waals surface area contributed by atoms with Crippen molar-refractivity contribution >= 4 is 11.9 Å². The largest absolute Gasteiger partial charge is 0.497 e. The maximum absolute atomic E-state index is 13.3. The minimum atomic E-state index is -5.23. The van der Waals surface area contributed by atoms with E-state index in [-0.39, 0.29) is 5.75 Å². The van der Waals surface area contributed by atoms with Crippen LogP contribution in [-0.2, 0) is 15.1 Å². The van der Waals surface area contributed by atoms with Crippen LogP contribution in [0.5, 0.6) is 5.75 Å². The van der Waals surface area contributed by atoms with E-state index in [1.165, 1.54) is 24.6 Å². The highest BCUT2D eigenvalue weighted by molar-refractivity contribution is 5.88. The molecular formula is C12H12F3NO4. The van der Waals surface area contributed by atoms with Crippen molar-refractivity contribution in [3.63, 3.8) is 0 Å². The molecule has 5 nitrogen and oxygen atoms in total. The Balaban J connectivity index is 3.57. The van der Waals surface area contributed by atoms with Gasteiger partial charge in [0.15, 0.2) is 0 Å². The standard InChI is InChI=1S/C12H12F3NO4/c1-7(17)16-11(10(18)19,12(13,14)15)8-4-3-5-9(6-8)20-2/h3-6H,1-2H3,(H,16,17)(H,18,19). The molecule has 0 radical (unpaired) electrons. The van der Waals surface area contributed by atoms with Crippen molar-refractivity contribution in [2.24, 2.45) is 0 Å². The highest BCUT2D eigenvalue weighted by atomic mass is 19.4. The molecule has 0 heterocycles. The lowest BCUT2D eigenvalue weighted by Crippen LogP contribution is -2.60. The predicted molar refractivity (Wildman–Crippen MR) is 62.2 cm³/mol. The number of aliphatic carboxylic acids is 1. The van der Waals surface area contributed by atoms with Crippen molar-refractivity contribution in [3.05, 3.63) is 29.8 Å². The van der Waals surface area contributed by atoms with Crippen molar-refractivity contribution in [3.8, 4) is 5.75 Å². The van der Waals surface area contributed by atoms with Gasteiger partial charge in [0, 0.05) is 12.5 Å². The molecule has 0 bridgehead atoms. The first kappa shape index (κ1) is 15.8. The minimum Gasteiger partial charge on any atom is -0.497 e. The number of hydrogen-bond acceptors (Lipinski definition) is 3. The Morgan fingerprint density at radius 3 is 2.30 bits per heavy atom. The Kier molecular flexibility index (Phi) is 4.26. The van der Waals surface area contributed by atoms with Crippen LogP contribution in [0.2, 0.25) is 0 Å². The van der Waals surface area contributed by atoms with E-state index in [4.69, 9.17) is 9.84 Å². The number of amides is 1. The van der Waals surface area contributed by atoms with E-state index in [1.807, 2.05) is 0 Å². The molecule has 1 rings (SSSR count). The third-order valence-electron chi connectivity index (χ3n) is 2.61. The smallest absolute Gasteiger partial charge is 0.426 e. The summed E-state index contributed by atoms with van der Waals surface area (Å²) in [6.07, 6.45) is -5.23. The number of alkyl halides is 3. The molecule has 0 spiro atoms. The molecule has 0 aromatic heterocycles. The number of halogens is 3. The Bertz CT molecular complexity index is 530. The first-order valence-electron chi connectivity index (χ1n) is 5.38. The Labute approximate surface area is 112 Å². The molecule has 0 aliphatic carbocycles. The van der Waals surface area contributed by atoms with Crippen LogP contribution < -0.4 is 10.1 Å². The highest BCUT2D eigenvalue weighted by Gasteiger charge is 2.63. The van der Waals surface area contributed by atoms with E-state index in [9.17, 15) is 22.8 Å². The van der Waals surface area contributed by atoms with Crippen molar-refractivity contribution < 1.29 is 32.6 Å². The third kappa shape index (κ3) is 2.68. The summed E-state index contributed by atoms with van der Waals surface area (Å²) in [5, 5.41) is 10.5. The number of methoxy groups -OCH3 is 1. The summed E-state index contributed by atoms with van der Waals surface area (Å²) in [4.78, 5) is 22.3. The van der Waals surface area contributed by atoms with Crippen molar-refractivity contribution in [2.45, 2.75) is 18.6 Å². The average Bonchev–Trinajstić information content (AvgIpc) is 2.33. The van der Waals surface area contributed by atoms with Gasteiger partial charge >= 0.3 is 12.1 Å². The van der Waals surface area contributed by atoms with E-state index >= 15 is 0 Å². The number of carbonyl (C=O) groups is 2. The zero-order chi connectivity index (χ0) is 15.6. The number of carboxylic acids is 1. The Morgan fingerprint density at radius 1 is 1.30 bits per heavy atom. The molecule has 2 N–H and O–H groups in total. The van der Waals surface area contributed by atoms with Gasteiger partial charge in [0.1, 0.15) is 5.75 Å². The summed E-state index contributed by atoms with van der Waals surface area (Å²) < 4.78 is 44.6. The van der Waals surface area contributed by atoms with Gasteiger partial charge in [-0.2, -0.15) is 13.2 Å². The monoisotopic (exact) mass is 291 g/mol. The molecule has 0 aliphatic rings. The number of carbonyl (C=O) groups excluding carboxylic acids is 1. The topological polar surface area (TPSA) is 75.6 Å².